The van der Waals surface area contributed by atoms with Gasteiger partial charge in [0.15, 0.2) is 0 Å². The molecular formula is C6H12N2. The molecule has 1 rings (SSSR count). The van der Waals surface area contributed by atoms with Gasteiger partial charge in [-0.1, -0.05) is 0 Å². The van der Waals surface area contributed by atoms with E-state index in [4.69, 9.17) is 0 Å². The summed E-state index contributed by atoms with van der Waals surface area (Å²) in [6, 6.07) is 0. The fraction of sp³-hybridized carbons (Fsp3) is 0.833. The van der Waals surface area contributed by atoms with Crippen LogP contribution in [0, 0.1) is 0 Å². The van der Waals surface area contributed by atoms with E-state index in [9.17, 15) is 0 Å². The third-order valence-corrected chi connectivity index (χ3v) is 1.26. The Balaban J connectivity index is 2.23. The van der Waals surface area contributed by atoms with Gasteiger partial charge in [-0.25, -0.2) is 0 Å². The van der Waals surface area contributed by atoms with Gasteiger partial charge in [0.1, 0.15) is 0 Å². The molecule has 0 unspecified atom stereocenters. The van der Waals surface area contributed by atoms with Crippen molar-refractivity contribution in [3.05, 3.63) is 0 Å². The first kappa shape index (κ1) is 5.60. The number of amidine groups is 1. The smallest absolute Gasteiger partial charge is 0.0963 e. The molecule has 0 fully saturated rings. The van der Waals surface area contributed by atoms with Crippen LogP contribution in [-0.2, 0) is 0 Å². The molecule has 0 spiro atoms. The number of rotatable bonds is 1. The quantitative estimate of drug-likeness (QED) is 0.533. The van der Waals surface area contributed by atoms with Crippen LogP contribution in [0.15, 0.2) is 4.99 Å². The Morgan fingerprint density at radius 1 is 1.75 bits per heavy atom. The van der Waals surface area contributed by atoms with Crippen LogP contribution < -0.4 is 5.32 Å². The summed E-state index contributed by atoms with van der Waals surface area (Å²) in [5.74, 6) is 1.20. The van der Waals surface area contributed by atoms with E-state index in [1.54, 1.807) is 0 Å². The molecule has 8 heavy (non-hydrogen) atoms. The van der Waals surface area contributed by atoms with Crippen LogP contribution >= 0.6 is 0 Å². The molecule has 0 radical (unpaired) electrons. The number of hydrogen-bond donors (Lipinski definition) is 1. The maximum absolute atomic E-state index is 4.23. The summed E-state index contributed by atoms with van der Waals surface area (Å²) < 4.78 is 0. The molecule has 0 aromatic heterocycles. The van der Waals surface area contributed by atoms with Gasteiger partial charge in [0, 0.05) is 19.5 Å². The molecule has 2 nitrogen and oxygen atoms in total. The molecule has 0 saturated carbocycles. The van der Waals surface area contributed by atoms with Gasteiger partial charge in [-0.3, -0.25) is 4.99 Å². The van der Waals surface area contributed by atoms with Crippen molar-refractivity contribution < 1.29 is 0 Å². The second-order valence-corrected chi connectivity index (χ2v) is 1.96. The Bertz CT molecular complexity index is 96.7. The third-order valence-electron chi connectivity index (χ3n) is 1.26. The molecule has 2 heteroatoms. The predicted octanol–water partition coefficient (Wildman–Crippen LogP) is 0.788. The van der Waals surface area contributed by atoms with Gasteiger partial charge in [0.25, 0.3) is 0 Å². The van der Waals surface area contributed by atoms with E-state index in [0.29, 0.717) is 0 Å². The van der Waals surface area contributed by atoms with Crippen molar-refractivity contribution in [2.75, 3.05) is 13.1 Å². The van der Waals surface area contributed by atoms with Crippen LogP contribution in [0.4, 0.5) is 0 Å². The third kappa shape index (κ3) is 1.22. The maximum atomic E-state index is 4.23. The Labute approximate surface area is 50.0 Å². The first-order valence-corrected chi connectivity index (χ1v) is 3.20. The monoisotopic (exact) mass is 112 g/mol. The summed E-state index contributed by atoms with van der Waals surface area (Å²) in [6.45, 7) is 4.14. The van der Waals surface area contributed by atoms with Crippen LogP contribution in [0.25, 0.3) is 0 Å². The fourth-order valence-corrected chi connectivity index (χ4v) is 0.888. The standard InChI is InChI=1S/C6H12N2/c1-2-7-6-4-3-5-8-6/h2-5H2,1H3,(H,7,8). The normalized spacial score (nSPS) is 18.4. The second kappa shape index (κ2) is 2.70. The lowest BCUT2D eigenvalue weighted by atomic mass is 10.3. The Kier molecular flexibility index (Phi) is 1.89. The zero-order chi connectivity index (χ0) is 5.82. The van der Waals surface area contributed by atoms with Crippen LogP contribution in [0.3, 0.4) is 0 Å². The highest BCUT2D eigenvalue weighted by molar-refractivity contribution is 5.83. The van der Waals surface area contributed by atoms with Crippen molar-refractivity contribution in [1.29, 1.82) is 0 Å². The van der Waals surface area contributed by atoms with Crippen LogP contribution in [0.2, 0.25) is 0 Å². The topological polar surface area (TPSA) is 24.4 Å². The lowest BCUT2D eigenvalue weighted by Crippen LogP contribution is -2.20. The minimum atomic E-state index is 1.01. The summed E-state index contributed by atoms with van der Waals surface area (Å²) in [7, 11) is 0. The first-order valence-electron chi connectivity index (χ1n) is 3.20. The van der Waals surface area contributed by atoms with Crippen LogP contribution in [0.5, 0.6) is 0 Å². The van der Waals surface area contributed by atoms with E-state index in [1.807, 2.05) is 0 Å². The molecule has 0 amide bonds. The van der Waals surface area contributed by atoms with Crippen molar-refractivity contribution in [3.63, 3.8) is 0 Å². The van der Waals surface area contributed by atoms with Crippen molar-refractivity contribution in [2.24, 2.45) is 4.99 Å². The van der Waals surface area contributed by atoms with E-state index < -0.39 is 0 Å². The van der Waals surface area contributed by atoms with Crippen molar-refractivity contribution in [3.8, 4) is 0 Å². The number of aliphatic imine (C=N–C) groups is 1. The Morgan fingerprint density at radius 2 is 2.62 bits per heavy atom. The van der Waals surface area contributed by atoms with Gasteiger partial charge in [-0.15, -0.1) is 0 Å². The SMILES string of the molecule is CCNC1=NCCC1. The maximum Gasteiger partial charge on any atom is 0.0963 e. The lowest BCUT2D eigenvalue weighted by Gasteiger charge is -1.97. The van der Waals surface area contributed by atoms with E-state index in [-0.39, 0.29) is 0 Å². The molecule has 1 aliphatic rings. The number of hydrogen-bond acceptors (Lipinski definition) is 2. The molecule has 46 valence electrons. The molecule has 0 saturated heterocycles. The van der Waals surface area contributed by atoms with E-state index in [0.717, 1.165) is 19.5 Å². The van der Waals surface area contributed by atoms with Crippen LogP contribution in [0.1, 0.15) is 19.8 Å². The molecule has 1 aliphatic heterocycles. The molecule has 0 bridgehead atoms. The largest absolute Gasteiger partial charge is 0.374 e. The van der Waals surface area contributed by atoms with Gasteiger partial charge in [-0.2, -0.15) is 0 Å². The minimum absolute atomic E-state index is 1.01. The Morgan fingerprint density at radius 3 is 3.12 bits per heavy atom. The Hall–Kier alpha value is -0.530. The van der Waals surface area contributed by atoms with Crippen molar-refractivity contribution in [2.45, 2.75) is 19.8 Å². The summed E-state index contributed by atoms with van der Waals surface area (Å²) in [5, 5.41) is 3.19. The highest BCUT2D eigenvalue weighted by Gasteiger charge is 2.01. The molecule has 0 atom stereocenters. The zero-order valence-electron chi connectivity index (χ0n) is 5.28. The van der Waals surface area contributed by atoms with Gasteiger partial charge in [0.05, 0.1) is 5.84 Å². The summed E-state index contributed by atoms with van der Waals surface area (Å²) in [6.07, 6.45) is 2.40. The molecule has 0 aliphatic carbocycles. The summed E-state index contributed by atoms with van der Waals surface area (Å²) in [5.41, 5.74) is 0. The number of nitrogens with one attached hydrogen (secondary N) is 1. The van der Waals surface area contributed by atoms with Gasteiger partial charge < -0.3 is 5.32 Å². The van der Waals surface area contributed by atoms with Gasteiger partial charge >= 0.3 is 0 Å². The van der Waals surface area contributed by atoms with E-state index >= 15 is 0 Å². The van der Waals surface area contributed by atoms with Crippen molar-refractivity contribution in [1.82, 2.24) is 5.32 Å². The van der Waals surface area contributed by atoms with Crippen molar-refractivity contribution >= 4 is 5.84 Å². The molecule has 1 heterocycles. The summed E-state index contributed by atoms with van der Waals surface area (Å²) in [4.78, 5) is 4.23. The predicted molar refractivity (Wildman–Crippen MR) is 35.2 cm³/mol. The average molecular weight is 112 g/mol. The second-order valence-electron chi connectivity index (χ2n) is 1.96. The van der Waals surface area contributed by atoms with Gasteiger partial charge in [0.2, 0.25) is 0 Å². The highest BCUT2D eigenvalue weighted by Crippen LogP contribution is 1.99. The van der Waals surface area contributed by atoms with Gasteiger partial charge in [-0.05, 0) is 13.3 Å². The average Bonchev–Trinajstić information content (AvgIpc) is 2.19. The summed E-state index contributed by atoms with van der Waals surface area (Å²) >= 11 is 0. The lowest BCUT2D eigenvalue weighted by molar-refractivity contribution is 0.921. The molecule has 1 N–H and O–H groups in total. The number of nitrogens with zero attached hydrogens (tertiary/aromatic N) is 1. The van der Waals surface area contributed by atoms with E-state index in [2.05, 4.69) is 17.2 Å². The zero-order valence-corrected chi connectivity index (χ0v) is 5.28. The van der Waals surface area contributed by atoms with Crippen LogP contribution in [-0.4, -0.2) is 18.9 Å². The highest BCUT2D eigenvalue weighted by atomic mass is 15.0. The van der Waals surface area contributed by atoms with E-state index in [1.165, 1.54) is 12.3 Å². The fourth-order valence-electron chi connectivity index (χ4n) is 0.888. The molecular weight excluding hydrogens is 100 g/mol. The molecule has 0 aromatic carbocycles. The first-order chi connectivity index (χ1) is 3.93. The molecule has 0 aromatic rings. The minimum Gasteiger partial charge on any atom is -0.374 e.